The molecule has 0 atom stereocenters. The third-order valence-corrected chi connectivity index (χ3v) is 7.09. The number of thioether (sulfide) groups is 1. The van der Waals surface area contributed by atoms with Crippen LogP contribution < -0.4 is 15.4 Å². The van der Waals surface area contributed by atoms with Crippen molar-refractivity contribution in [2.75, 3.05) is 23.8 Å². The Morgan fingerprint density at radius 3 is 2.55 bits per heavy atom. The first kappa shape index (κ1) is 23.4. The number of hydrogen-bond donors (Lipinski definition) is 2. The zero-order valence-corrected chi connectivity index (χ0v) is 19.8. The van der Waals surface area contributed by atoms with E-state index in [9.17, 15) is 9.59 Å². The van der Waals surface area contributed by atoms with Gasteiger partial charge >= 0.3 is 5.97 Å². The van der Waals surface area contributed by atoms with Gasteiger partial charge in [0, 0.05) is 17.4 Å². The molecule has 1 aliphatic carbocycles. The number of carboxylic acids is 1. The van der Waals surface area contributed by atoms with Crippen molar-refractivity contribution in [1.82, 2.24) is 9.97 Å². The molecule has 9 heteroatoms. The molecule has 2 aliphatic rings. The van der Waals surface area contributed by atoms with E-state index in [1.807, 2.05) is 26.0 Å². The molecule has 1 fully saturated rings. The quantitative estimate of drug-likeness (QED) is 0.472. The molecule has 1 aliphatic heterocycles. The average molecular weight is 471 g/mol. The second-order valence-electron chi connectivity index (χ2n) is 8.95. The van der Waals surface area contributed by atoms with Crippen LogP contribution in [0.15, 0.2) is 29.4 Å². The van der Waals surface area contributed by atoms with E-state index >= 15 is 0 Å². The predicted octanol–water partition coefficient (Wildman–Crippen LogP) is 4.35. The van der Waals surface area contributed by atoms with Crippen molar-refractivity contribution >= 4 is 35.1 Å². The van der Waals surface area contributed by atoms with E-state index in [1.54, 1.807) is 4.90 Å². The van der Waals surface area contributed by atoms with Gasteiger partial charge in [-0.1, -0.05) is 37.7 Å². The first-order valence-electron chi connectivity index (χ1n) is 11.4. The van der Waals surface area contributed by atoms with Crippen LogP contribution in [-0.2, 0) is 4.79 Å². The first-order valence-corrected chi connectivity index (χ1v) is 12.3. The molecule has 33 heavy (non-hydrogen) atoms. The van der Waals surface area contributed by atoms with Gasteiger partial charge in [0.2, 0.25) is 5.88 Å². The second-order valence-corrected chi connectivity index (χ2v) is 10.5. The highest BCUT2D eigenvalue weighted by molar-refractivity contribution is 7.99. The Morgan fingerprint density at radius 2 is 1.91 bits per heavy atom. The lowest BCUT2D eigenvalue weighted by Gasteiger charge is -2.28. The summed E-state index contributed by atoms with van der Waals surface area (Å²) in [5.41, 5.74) is 8.37. The fourth-order valence-corrected chi connectivity index (χ4v) is 5.30. The standard InChI is InChI=1S/C24H30N4O4S/c1-14(2)33-24-26-21(25)20-22(27-24)32-12-11-28(23(20)31)18-9-7-17(8-10-18)16-5-3-15(4-6-16)13-19(29)30/h7-10,14-16H,3-6,11-13H2,1-2H3,(H,29,30)(H2,25,26,27)/t15-,16-. The maximum absolute atomic E-state index is 13.3. The topological polar surface area (TPSA) is 119 Å². The van der Waals surface area contributed by atoms with Crippen molar-refractivity contribution in [3.8, 4) is 5.88 Å². The van der Waals surface area contributed by atoms with Crippen molar-refractivity contribution in [1.29, 1.82) is 0 Å². The SMILES string of the molecule is CC(C)Sc1nc(N)c2c(n1)OCCN(c1ccc([C@H]3CC[C@H](CC(=O)O)CC3)cc1)C2=O. The molecule has 4 rings (SSSR count). The number of amides is 1. The van der Waals surface area contributed by atoms with Crippen LogP contribution in [0, 0.1) is 5.92 Å². The van der Waals surface area contributed by atoms with Crippen molar-refractivity contribution < 1.29 is 19.4 Å². The van der Waals surface area contributed by atoms with E-state index in [1.165, 1.54) is 17.3 Å². The number of nitrogens with two attached hydrogens (primary N) is 1. The molecule has 0 bridgehead atoms. The van der Waals surface area contributed by atoms with E-state index in [0.717, 1.165) is 31.4 Å². The lowest BCUT2D eigenvalue weighted by molar-refractivity contribution is -0.138. The minimum Gasteiger partial charge on any atom is -0.481 e. The molecule has 8 nitrogen and oxygen atoms in total. The Hall–Kier alpha value is -2.81. The van der Waals surface area contributed by atoms with Crippen LogP contribution in [0.4, 0.5) is 11.5 Å². The predicted molar refractivity (Wildman–Crippen MR) is 128 cm³/mol. The number of aliphatic carboxylic acids is 1. The molecule has 0 unspecified atom stereocenters. The van der Waals surface area contributed by atoms with Crippen LogP contribution in [0.25, 0.3) is 0 Å². The highest BCUT2D eigenvalue weighted by Gasteiger charge is 2.30. The summed E-state index contributed by atoms with van der Waals surface area (Å²) >= 11 is 1.47. The highest BCUT2D eigenvalue weighted by Crippen LogP contribution is 2.38. The number of carbonyl (C=O) groups excluding carboxylic acids is 1. The van der Waals surface area contributed by atoms with E-state index in [2.05, 4.69) is 22.1 Å². The number of nitrogen functional groups attached to an aromatic ring is 1. The average Bonchev–Trinajstić information content (AvgIpc) is 2.92. The molecule has 176 valence electrons. The van der Waals surface area contributed by atoms with Gasteiger partial charge in [-0.15, -0.1) is 0 Å². The number of nitrogens with zero attached hydrogens (tertiary/aromatic N) is 3. The van der Waals surface area contributed by atoms with Gasteiger partial charge in [0.1, 0.15) is 18.0 Å². The van der Waals surface area contributed by atoms with Crippen molar-refractivity contribution in [2.45, 2.75) is 62.3 Å². The highest BCUT2D eigenvalue weighted by atomic mass is 32.2. The molecular formula is C24H30N4O4S. The summed E-state index contributed by atoms with van der Waals surface area (Å²) in [6, 6.07) is 8.06. The van der Waals surface area contributed by atoms with E-state index < -0.39 is 5.97 Å². The molecule has 2 aromatic rings. The lowest BCUT2D eigenvalue weighted by Crippen LogP contribution is -2.32. The molecule has 0 spiro atoms. The Labute approximate surface area is 197 Å². The van der Waals surface area contributed by atoms with Crippen LogP contribution in [0.2, 0.25) is 0 Å². The molecule has 0 saturated heterocycles. The summed E-state index contributed by atoms with van der Waals surface area (Å²) in [4.78, 5) is 34.7. The summed E-state index contributed by atoms with van der Waals surface area (Å²) < 4.78 is 5.78. The van der Waals surface area contributed by atoms with E-state index in [0.29, 0.717) is 24.2 Å². The number of ether oxygens (including phenoxy) is 1. The van der Waals surface area contributed by atoms with Gasteiger partial charge < -0.3 is 20.5 Å². The number of fused-ring (bicyclic) bond motifs is 1. The summed E-state index contributed by atoms with van der Waals surface area (Å²) in [6.07, 6.45) is 4.12. The smallest absolute Gasteiger partial charge is 0.303 e. The van der Waals surface area contributed by atoms with Gasteiger partial charge in [0.05, 0.1) is 6.54 Å². The third-order valence-electron chi connectivity index (χ3n) is 6.22. The number of hydrogen-bond acceptors (Lipinski definition) is 7. The van der Waals surface area contributed by atoms with Gasteiger partial charge in [-0.3, -0.25) is 9.59 Å². The molecule has 1 amide bonds. The molecule has 1 aromatic carbocycles. The van der Waals surface area contributed by atoms with E-state index in [-0.39, 0.29) is 40.8 Å². The Bertz CT molecular complexity index is 1020. The number of aromatic nitrogens is 2. The van der Waals surface area contributed by atoms with Crippen LogP contribution in [0.5, 0.6) is 5.88 Å². The van der Waals surface area contributed by atoms with Crippen molar-refractivity contribution in [2.24, 2.45) is 5.92 Å². The minimum atomic E-state index is -0.712. The van der Waals surface area contributed by atoms with Crippen LogP contribution in [-0.4, -0.2) is 45.4 Å². The number of carboxylic acid groups (broad SMARTS) is 1. The molecule has 1 saturated carbocycles. The summed E-state index contributed by atoms with van der Waals surface area (Å²) in [6.45, 7) is 4.78. The fraction of sp³-hybridized carbons (Fsp3) is 0.500. The Morgan fingerprint density at radius 1 is 1.21 bits per heavy atom. The van der Waals surface area contributed by atoms with Crippen molar-refractivity contribution in [3.63, 3.8) is 0 Å². The van der Waals surface area contributed by atoms with Crippen LogP contribution in [0.1, 0.15) is 67.8 Å². The summed E-state index contributed by atoms with van der Waals surface area (Å²) in [5, 5.41) is 9.80. The monoisotopic (exact) mass is 470 g/mol. The molecule has 1 aromatic heterocycles. The second kappa shape index (κ2) is 9.99. The molecule has 0 radical (unpaired) electrons. The van der Waals surface area contributed by atoms with Gasteiger partial charge in [0.25, 0.3) is 5.91 Å². The Kier molecular flexibility index (Phi) is 7.07. The summed E-state index contributed by atoms with van der Waals surface area (Å²) in [5.74, 6) is 0.107. The van der Waals surface area contributed by atoms with Gasteiger partial charge in [-0.05, 0) is 55.2 Å². The van der Waals surface area contributed by atoms with Crippen LogP contribution in [0.3, 0.4) is 0 Å². The number of anilines is 2. The van der Waals surface area contributed by atoms with Gasteiger partial charge in [0.15, 0.2) is 5.16 Å². The first-order chi connectivity index (χ1) is 15.8. The zero-order valence-electron chi connectivity index (χ0n) is 19.0. The maximum atomic E-state index is 13.3. The maximum Gasteiger partial charge on any atom is 0.303 e. The van der Waals surface area contributed by atoms with Crippen LogP contribution >= 0.6 is 11.8 Å². The largest absolute Gasteiger partial charge is 0.481 e. The van der Waals surface area contributed by atoms with E-state index in [4.69, 9.17) is 15.6 Å². The summed E-state index contributed by atoms with van der Waals surface area (Å²) in [7, 11) is 0. The molecule has 2 heterocycles. The normalized spacial score (nSPS) is 20.8. The molecule has 3 N–H and O–H groups in total. The fourth-order valence-electron chi connectivity index (χ4n) is 4.60. The number of carbonyl (C=O) groups is 2. The number of benzene rings is 1. The lowest BCUT2D eigenvalue weighted by atomic mass is 9.77. The van der Waals surface area contributed by atoms with Gasteiger partial charge in [-0.25, -0.2) is 4.98 Å². The third kappa shape index (κ3) is 5.40. The molecular weight excluding hydrogens is 440 g/mol. The number of rotatable bonds is 6. The minimum absolute atomic E-state index is 0.134. The zero-order chi connectivity index (χ0) is 23.5. The van der Waals surface area contributed by atoms with Gasteiger partial charge in [-0.2, -0.15) is 4.98 Å². The Balaban J connectivity index is 1.49. The van der Waals surface area contributed by atoms with Crippen molar-refractivity contribution in [3.05, 3.63) is 35.4 Å².